The summed E-state index contributed by atoms with van der Waals surface area (Å²) >= 11 is 0. The van der Waals surface area contributed by atoms with Crippen LogP contribution in [0.5, 0.6) is 0 Å². The first-order valence-corrected chi connectivity index (χ1v) is 5.28. The Hall–Kier alpha value is -2.24. The lowest BCUT2D eigenvalue weighted by Gasteiger charge is -2.12. The summed E-state index contributed by atoms with van der Waals surface area (Å²) < 4.78 is 1.05. The van der Waals surface area contributed by atoms with Crippen molar-refractivity contribution in [2.45, 2.75) is 19.4 Å². The van der Waals surface area contributed by atoms with Crippen molar-refractivity contribution in [2.75, 3.05) is 0 Å². The third-order valence-electron chi connectivity index (χ3n) is 2.60. The van der Waals surface area contributed by atoms with Crippen LogP contribution in [0.3, 0.4) is 0 Å². The minimum atomic E-state index is -0.750. The molecular weight excluding hydrogens is 220 g/mol. The molecule has 0 aliphatic rings. The fourth-order valence-corrected chi connectivity index (χ4v) is 1.70. The van der Waals surface area contributed by atoms with Crippen molar-refractivity contribution in [3.8, 4) is 0 Å². The number of fused-ring (bicyclic) bond motifs is 1. The van der Waals surface area contributed by atoms with E-state index >= 15 is 0 Å². The molecule has 1 aromatic carbocycles. The zero-order chi connectivity index (χ0) is 12.4. The minimum Gasteiger partial charge on any atom is -0.368 e. The molecule has 1 amide bonds. The van der Waals surface area contributed by atoms with Gasteiger partial charge in [0.15, 0.2) is 0 Å². The van der Waals surface area contributed by atoms with Crippen LogP contribution in [0, 0.1) is 0 Å². The normalized spacial score (nSPS) is 12.5. The molecule has 2 N–H and O–H groups in total. The van der Waals surface area contributed by atoms with Gasteiger partial charge in [0.05, 0.1) is 5.39 Å². The lowest BCUT2D eigenvalue weighted by Crippen LogP contribution is -2.35. The van der Waals surface area contributed by atoms with E-state index in [0.717, 1.165) is 4.68 Å². The number of amides is 1. The van der Waals surface area contributed by atoms with Gasteiger partial charge in [-0.15, -0.1) is 5.10 Å². The zero-order valence-electron chi connectivity index (χ0n) is 9.33. The van der Waals surface area contributed by atoms with Crippen molar-refractivity contribution >= 4 is 16.8 Å². The molecule has 1 atom stereocenters. The Labute approximate surface area is 97.0 Å². The molecule has 1 heterocycles. The topological polar surface area (TPSA) is 90.9 Å². The monoisotopic (exact) mass is 232 g/mol. The van der Waals surface area contributed by atoms with E-state index in [-0.39, 0.29) is 5.56 Å². The second-order valence-electron chi connectivity index (χ2n) is 3.68. The molecule has 6 heteroatoms. The highest BCUT2D eigenvalue weighted by atomic mass is 16.2. The summed E-state index contributed by atoms with van der Waals surface area (Å²) in [5.41, 5.74) is 5.39. The fourth-order valence-electron chi connectivity index (χ4n) is 1.70. The van der Waals surface area contributed by atoms with E-state index in [4.69, 9.17) is 5.73 Å². The van der Waals surface area contributed by atoms with Gasteiger partial charge in [-0.05, 0) is 18.6 Å². The quantitative estimate of drug-likeness (QED) is 0.819. The predicted octanol–water partition coefficient (Wildman–Crippen LogP) is 0.228. The van der Waals surface area contributed by atoms with Gasteiger partial charge in [-0.2, -0.15) is 4.68 Å². The van der Waals surface area contributed by atoms with Gasteiger partial charge in [-0.3, -0.25) is 9.59 Å². The minimum absolute atomic E-state index is 0.346. The number of carbonyl (C=O) groups is 1. The first-order valence-electron chi connectivity index (χ1n) is 5.28. The number of carbonyl (C=O) groups excluding carboxylic acids is 1. The van der Waals surface area contributed by atoms with Crippen molar-refractivity contribution < 1.29 is 4.79 Å². The average Bonchev–Trinajstić information content (AvgIpc) is 2.33. The molecule has 0 spiro atoms. The van der Waals surface area contributed by atoms with Crippen molar-refractivity contribution in [2.24, 2.45) is 5.73 Å². The maximum atomic E-state index is 12.1. The largest absolute Gasteiger partial charge is 0.368 e. The SMILES string of the molecule is CCC(C(N)=O)n1nnc2ccccc2c1=O. The standard InChI is InChI=1S/C11H12N4O2/c1-2-9(10(12)16)15-11(17)7-5-3-4-6-8(7)13-14-15/h3-6,9H,2H2,1H3,(H2,12,16). The summed E-state index contributed by atoms with van der Waals surface area (Å²) in [5, 5.41) is 8.08. The number of benzene rings is 1. The number of nitrogens with two attached hydrogens (primary N) is 1. The van der Waals surface area contributed by atoms with Gasteiger partial charge >= 0.3 is 0 Å². The highest BCUT2D eigenvalue weighted by Crippen LogP contribution is 2.08. The summed E-state index contributed by atoms with van der Waals surface area (Å²) in [4.78, 5) is 23.3. The molecule has 0 aliphatic carbocycles. The van der Waals surface area contributed by atoms with Gasteiger partial charge in [0, 0.05) is 0 Å². The van der Waals surface area contributed by atoms with E-state index in [1.54, 1.807) is 31.2 Å². The highest BCUT2D eigenvalue weighted by molar-refractivity contribution is 5.79. The van der Waals surface area contributed by atoms with Crippen LogP contribution < -0.4 is 11.3 Å². The van der Waals surface area contributed by atoms with Crippen molar-refractivity contribution in [3.63, 3.8) is 0 Å². The maximum Gasteiger partial charge on any atom is 0.278 e. The van der Waals surface area contributed by atoms with Crippen molar-refractivity contribution in [1.29, 1.82) is 0 Å². The Morgan fingerprint density at radius 1 is 1.47 bits per heavy atom. The Bertz CT molecular complexity index is 620. The predicted molar refractivity (Wildman–Crippen MR) is 62.3 cm³/mol. The molecule has 2 aromatic rings. The Balaban J connectivity index is 2.68. The van der Waals surface area contributed by atoms with E-state index in [9.17, 15) is 9.59 Å². The third kappa shape index (κ3) is 1.89. The maximum absolute atomic E-state index is 12.1. The van der Waals surface area contributed by atoms with Crippen molar-refractivity contribution in [3.05, 3.63) is 34.6 Å². The molecule has 0 saturated carbocycles. The Morgan fingerprint density at radius 2 is 2.18 bits per heavy atom. The summed E-state index contributed by atoms with van der Waals surface area (Å²) in [5.74, 6) is -0.584. The highest BCUT2D eigenvalue weighted by Gasteiger charge is 2.19. The molecule has 1 unspecified atom stereocenters. The Morgan fingerprint density at radius 3 is 2.82 bits per heavy atom. The van der Waals surface area contributed by atoms with Crippen LogP contribution >= 0.6 is 0 Å². The van der Waals surface area contributed by atoms with Crippen LogP contribution in [0.15, 0.2) is 29.1 Å². The number of rotatable bonds is 3. The molecule has 0 bridgehead atoms. The molecule has 0 fully saturated rings. The molecule has 0 radical (unpaired) electrons. The summed E-state index contributed by atoms with van der Waals surface area (Å²) in [6, 6.07) is 6.10. The molecule has 17 heavy (non-hydrogen) atoms. The molecule has 88 valence electrons. The fraction of sp³-hybridized carbons (Fsp3) is 0.273. The molecule has 0 aliphatic heterocycles. The molecular formula is C11H12N4O2. The van der Waals surface area contributed by atoms with Crippen LogP contribution in [0.25, 0.3) is 10.9 Å². The summed E-state index contributed by atoms with van der Waals surface area (Å²) in [7, 11) is 0. The van der Waals surface area contributed by atoms with Gasteiger partial charge in [-0.1, -0.05) is 24.3 Å². The smallest absolute Gasteiger partial charge is 0.278 e. The van der Waals surface area contributed by atoms with E-state index in [1.807, 2.05) is 0 Å². The summed E-state index contributed by atoms with van der Waals surface area (Å²) in [6.45, 7) is 1.76. The first kappa shape index (κ1) is 11.3. The van der Waals surface area contributed by atoms with E-state index in [1.165, 1.54) is 0 Å². The summed E-state index contributed by atoms with van der Waals surface area (Å²) in [6.07, 6.45) is 0.405. The van der Waals surface area contributed by atoms with Gasteiger partial charge in [0.2, 0.25) is 5.91 Å². The van der Waals surface area contributed by atoms with Crippen LogP contribution in [0.2, 0.25) is 0 Å². The van der Waals surface area contributed by atoms with Gasteiger partial charge in [0.25, 0.3) is 5.56 Å². The second kappa shape index (κ2) is 4.32. The van der Waals surface area contributed by atoms with Crippen molar-refractivity contribution in [1.82, 2.24) is 15.0 Å². The van der Waals surface area contributed by atoms with E-state index < -0.39 is 11.9 Å². The van der Waals surface area contributed by atoms with Crippen LogP contribution in [-0.2, 0) is 4.79 Å². The average molecular weight is 232 g/mol. The number of nitrogens with zero attached hydrogens (tertiary/aromatic N) is 3. The third-order valence-corrected chi connectivity index (χ3v) is 2.60. The Kier molecular flexibility index (Phi) is 2.86. The number of primary amides is 1. The molecule has 6 nitrogen and oxygen atoms in total. The molecule has 0 saturated heterocycles. The van der Waals surface area contributed by atoms with Gasteiger partial charge in [-0.25, -0.2) is 0 Å². The van der Waals surface area contributed by atoms with Crippen LogP contribution in [0.1, 0.15) is 19.4 Å². The second-order valence-corrected chi connectivity index (χ2v) is 3.68. The van der Waals surface area contributed by atoms with E-state index in [2.05, 4.69) is 10.3 Å². The van der Waals surface area contributed by atoms with Gasteiger partial charge < -0.3 is 5.73 Å². The first-order chi connectivity index (χ1) is 8.15. The zero-order valence-corrected chi connectivity index (χ0v) is 9.33. The van der Waals surface area contributed by atoms with Gasteiger partial charge in [0.1, 0.15) is 11.6 Å². The number of hydrogen-bond acceptors (Lipinski definition) is 4. The van der Waals surface area contributed by atoms with Crippen LogP contribution in [0.4, 0.5) is 0 Å². The number of hydrogen-bond donors (Lipinski definition) is 1. The van der Waals surface area contributed by atoms with E-state index in [0.29, 0.717) is 17.3 Å². The lowest BCUT2D eigenvalue weighted by atomic mass is 10.2. The molecule has 1 aromatic heterocycles. The molecule has 2 rings (SSSR count). The number of aromatic nitrogens is 3. The lowest BCUT2D eigenvalue weighted by molar-refractivity contribution is -0.121. The van der Waals surface area contributed by atoms with Crippen LogP contribution in [-0.4, -0.2) is 20.9 Å².